The molecule has 7 nitrogen and oxygen atoms in total. The first-order valence-electron chi connectivity index (χ1n) is 10.0. The van der Waals surface area contributed by atoms with Gasteiger partial charge in [0.25, 0.3) is 11.8 Å². The molecule has 154 valence electrons. The predicted molar refractivity (Wildman–Crippen MR) is 113 cm³/mol. The Morgan fingerprint density at radius 3 is 2.90 bits per heavy atom. The van der Waals surface area contributed by atoms with Crippen LogP contribution in [0.1, 0.15) is 38.7 Å². The summed E-state index contributed by atoms with van der Waals surface area (Å²) in [6.45, 7) is 2.12. The fraction of sp³-hybridized carbons (Fsp3) is 0.304. The molecule has 0 spiro atoms. The van der Waals surface area contributed by atoms with Crippen LogP contribution in [0.25, 0.3) is 10.9 Å². The molecule has 0 bridgehead atoms. The zero-order valence-corrected chi connectivity index (χ0v) is 16.9. The zero-order chi connectivity index (χ0) is 20.9. The van der Waals surface area contributed by atoms with E-state index in [-0.39, 0.29) is 17.7 Å². The topological polar surface area (TPSA) is 84.4 Å². The molecule has 4 rings (SSSR count). The molecule has 1 fully saturated rings. The van der Waals surface area contributed by atoms with Crippen molar-refractivity contribution in [3.05, 3.63) is 71.7 Å². The maximum absolute atomic E-state index is 12.8. The lowest BCUT2D eigenvalue weighted by molar-refractivity contribution is 0.0789. The van der Waals surface area contributed by atoms with Crippen molar-refractivity contribution >= 4 is 22.7 Å². The van der Waals surface area contributed by atoms with E-state index in [4.69, 9.17) is 9.72 Å². The van der Waals surface area contributed by atoms with Gasteiger partial charge in [0, 0.05) is 56.1 Å². The third-order valence-electron chi connectivity index (χ3n) is 5.37. The molecule has 7 heteroatoms. The number of para-hydroxylation sites is 1. The van der Waals surface area contributed by atoms with Gasteiger partial charge < -0.3 is 15.0 Å². The molecule has 1 atom stereocenters. The minimum absolute atomic E-state index is 0.0241. The first kappa shape index (κ1) is 20.0. The van der Waals surface area contributed by atoms with Gasteiger partial charge in [0.15, 0.2) is 0 Å². The number of amides is 2. The summed E-state index contributed by atoms with van der Waals surface area (Å²) in [6, 6.07) is 13.0. The Morgan fingerprint density at radius 2 is 2.10 bits per heavy atom. The zero-order valence-electron chi connectivity index (χ0n) is 16.9. The van der Waals surface area contributed by atoms with E-state index in [1.54, 1.807) is 31.6 Å². The van der Waals surface area contributed by atoms with Crippen molar-refractivity contribution in [3.63, 3.8) is 0 Å². The van der Waals surface area contributed by atoms with Gasteiger partial charge in [0.05, 0.1) is 23.3 Å². The van der Waals surface area contributed by atoms with Gasteiger partial charge in [-0.25, -0.2) is 0 Å². The van der Waals surface area contributed by atoms with Crippen LogP contribution in [0, 0.1) is 0 Å². The third-order valence-corrected chi connectivity index (χ3v) is 5.37. The highest BCUT2D eigenvalue weighted by Crippen LogP contribution is 2.30. The van der Waals surface area contributed by atoms with E-state index in [0.717, 1.165) is 23.0 Å². The van der Waals surface area contributed by atoms with Gasteiger partial charge in [-0.1, -0.05) is 18.2 Å². The quantitative estimate of drug-likeness (QED) is 0.639. The van der Waals surface area contributed by atoms with E-state index in [9.17, 15) is 9.59 Å². The average Bonchev–Trinajstić information content (AvgIpc) is 3.29. The van der Waals surface area contributed by atoms with Gasteiger partial charge in [-0.15, -0.1) is 0 Å². The lowest BCUT2D eigenvalue weighted by Gasteiger charge is -2.17. The van der Waals surface area contributed by atoms with Crippen molar-refractivity contribution < 1.29 is 14.3 Å². The van der Waals surface area contributed by atoms with Crippen molar-refractivity contribution in [2.75, 3.05) is 33.4 Å². The molecule has 3 aromatic rings. The Balaban J connectivity index is 1.58. The molecule has 0 saturated carbocycles. The Bertz CT molecular complexity index is 1050. The van der Waals surface area contributed by atoms with Gasteiger partial charge in [-0.3, -0.25) is 19.6 Å². The number of carbonyl (C=O) groups excluding carboxylic acids is 2. The Morgan fingerprint density at radius 1 is 1.23 bits per heavy atom. The molecule has 1 aliphatic heterocycles. The summed E-state index contributed by atoms with van der Waals surface area (Å²) in [7, 11) is 1.60. The lowest BCUT2D eigenvalue weighted by atomic mass is 9.99. The monoisotopic (exact) mass is 404 g/mol. The smallest absolute Gasteiger partial charge is 0.255 e. The van der Waals surface area contributed by atoms with Gasteiger partial charge >= 0.3 is 0 Å². The van der Waals surface area contributed by atoms with Crippen LogP contribution in [0.5, 0.6) is 0 Å². The minimum Gasteiger partial charge on any atom is -0.383 e. The van der Waals surface area contributed by atoms with Crippen LogP contribution < -0.4 is 5.32 Å². The summed E-state index contributed by atoms with van der Waals surface area (Å²) in [4.78, 5) is 36.2. The molecular weight excluding hydrogens is 380 g/mol. The number of benzene rings is 1. The third kappa shape index (κ3) is 4.16. The summed E-state index contributed by atoms with van der Waals surface area (Å²) in [6.07, 6.45) is 4.05. The Labute approximate surface area is 175 Å². The van der Waals surface area contributed by atoms with Crippen LogP contribution in [0.3, 0.4) is 0 Å². The number of aromatic nitrogens is 2. The number of likely N-dealkylation sites (tertiary alicyclic amines) is 1. The van der Waals surface area contributed by atoms with Crippen LogP contribution in [-0.4, -0.2) is 60.0 Å². The van der Waals surface area contributed by atoms with E-state index >= 15 is 0 Å². The Kier molecular flexibility index (Phi) is 5.99. The standard InChI is InChI=1S/C23H24N4O3/c1-30-12-10-25-22(28)19-13-21(26-20-7-3-2-6-18(19)20)17-8-11-27(15-17)23(29)16-5-4-9-24-14-16/h2-7,9,13-14,17H,8,10-12,15H2,1H3,(H,25,28)/t17-/m1/s1. The number of nitrogens with zero attached hydrogens (tertiary/aromatic N) is 3. The van der Waals surface area contributed by atoms with Gasteiger partial charge in [-0.05, 0) is 30.7 Å². The normalized spacial score (nSPS) is 16.0. The number of carbonyl (C=O) groups is 2. The SMILES string of the molecule is COCCNC(=O)c1cc([C@@H]2CCN(C(=O)c3cccnc3)C2)nc2ccccc12. The molecule has 2 amide bonds. The van der Waals surface area contributed by atoms with Crippen molar-refractivity contribution in [2.45, 2.75) is 12.3 Å². The summed E-state index contributed by atoms with van der Waals surface area (Å²) >= 11 is 0. The molecule has 1 aromatic carbocycles. The van der Waals surface area contributed by atoms with Gasteiger partial charge in [-0.2, -0.15) is 0 Å². The molecule has 1 aliphatic rings. The highest BCUT2D eigenvalue weighted by Gasteiger charge is 2.30. The number of hydrogen-bond donors (Lipinski definition) is 1. The number of ether oxygens (including phenoxy) is 1. The van der Waals surface area contributed by atoms with Crippen LogP contribution in [0.2, 0.25) is 0 Å². The number of hydrogen-bond acceptors (Lipinski definition) is 5. The molecular formula is C23H24N4O3. The van der Waals surface area contributed by atoms with E-state index in [1.165, 1.54) is 0 Å². The number of pyridine rings is 2. The average molecular weight is 404 g/mol. The molecule has 1 saturated heterocycles. The first-order valence-corrected chi connectivity index (χ1v) is 10.0. The summed E-state index contributed by atoms with van der Waals surface area (Å²) in [5.74, 6) is -0.0853. The number of rotatable bonds is 6. The maximum atomic E-state index is 12.8. The predicted octanol–water partition coefficient (Wildman–Crippen LogP) is 2.64. The fourth-order valence-electron chi connectivity index (χ4n) is 3.81. The lowest BCUT2D eigenvalue weighted by Crippen LogP contribution is -2.29. The largest absolute Gasteiger partial charge is 0.383 e. The fourth-order valence-corrected chi connectivity index (χ4v) is 3.81. The molecule has 3 heterocycles. The minimum atomic E-state index is -0.145. The van der Waals surface area contributed by atoms with Crippen molar-refractivity contribution in [3.8, 4) is 0 Å². The number of fused-ring (bicyclic) bond motifs is 1. The molecule has 0 radical (unpaired) electrons. The Hall–Kier alpha value is -3.32. The van der Waals surface area contributed by atoms with Crippen molar-refractivity contribution in [2.24, 2.45) is 0 Å². The number of nitrogens with one attached hydrogen (secondary N) is 1. The van der Waals surface area contributed by atoms with E-state index in [1.807, 2.05) is 35.2 Å². The van der Waals surface area contributed by atoms with E-state index in [0.29, 0.717) is 37.4 Å². The highest BCUT2D eigenvalue weighted by atomic mass is 16.5. The molecule has 1 N–H and O–H groups in total. The molecule has 0 aliphatic carbocycles. The second-order valence-electron chi connectivity index (χ2n) is 7.34. The van der Waals surface area contributed by atoms with Gasteiger partial charge in [0.1, 0.15) is 0 Å². The molecule has 0 unspecified atom stereocenters. The van der Waals surface area contributed by atoms with E-state index < -0.39 is 0 Å². The van der Waals surface area contributed by atoms with Crippen LogP contribution in [0.4, 0.5) is 0 Å². The summed E-state index contributed by atoms with van der Waals surface area (Å²) < 4.78 is 5.02. The molecule has 30 heavy (non-hydrogen) atoms. The second-order valence-corrected chi connectivity index (χ2v) is 7.34. The summed E-state index contributed by atoms with van der Waals surface area (Å²) in [5.41, 5.74) is 2.81. The molecule has 2 aromatic heterocycles. The van der Waals surface area contributed by atoms with Crippen LogP contribution in [-0.2, 0) is 4.74 Å². The first-order chi connectivity index (χ1) is 14.7. The van der Waals surface area contributed by atoms with Crippen LogP contribution >= 0.6 is 0 Å². The van der Waals surface area contributed by atoms with Crippen molar-refractivity contribution in [1.29, 1.82) is 0 Å². The number of methoxy groups -OCH3 is 1. The second kappa shape index (κ2) is 9.00. The highest BCUT2D eigenvalue weighted by molar-refractivity contribution is 6.06. The van der Waals surface area contributed by atoms with Crippen LogP contribution in [0.15, 0.2) is 54.9 Å². The van der Waals surface area contributed by atoms with E-state index in [2.05, 4.69) is 10.3 Å². The summed E-state index contributed by atoms with van der Waals surface area (Å²) in [5, 5.41) is 3.71. The van der Waals surface area contributed by atoms with Gasteiger partial charge in [0.2, 0.25) is 0 Å². The van der Waals surface area contributed by atoms with Crippen molar-refractivity contribution in [1.82, 2.24) is 20.2 Å². The maximum Gasteiger partial charge on any atom is 0.255 e.